The molecule has 2 aromatic rings. The molecule has 2 fully saturated rings. The van der Waals surface area contributed by atoms with E-state index in [1.54, 1.807) is 24.3 Å². The van der Waals surface area contributed by atoms with Crippen molar-refractivity contribution in [3.8, 4) is 5.75 Å². The summed E-state index contributed by atoms with van der Waals surface area (Å²) in [5, 5.41) is 12.3. The molecule has 0 spiro atoms. The summed E-state index contributed by atoms with van der Waals surface area (Å²) in [6.07, 6.45) is 7.57. The van der Waals surface area contributed by atoms with Crippen molar-refractivity contribution in [3.05, 3.63) is 65.2 Å². The molecule has 182 valence electrons. The highest BCUT2D eigenvalue weighted by Crippen LogP contribution is 2.37. The van der Waals surface area contributed by atoms with Crippen LogP contribution in [0.15, 0.2) is 48.5 Å². The van der Waals surface area contributed by atoms with Crippen LogP contribution in [0.5, 0.6) is 5.75 Å². The molecule has 34 heavy (non-hydrogen) atoms. The molecular formula is C28H35NO5. The first-order chi connectivity index (χ1) is 16.5. The van der Waals surface area contributed by atoms with Gasteiger partial charge in [0.1, 0.15) is 5.75 Å². The van der Waals surface area contributed by atoms with Gasteiger partial charge in [-0.1, -0.05) is 43.5 Å². The Morgan fingerprint density at radius 3 is 2.47 bits per heavy atom. The second kappa shape index (κ2) is 11.0. The van der Waals surface area contributed by atoms with Crippen LogP contribution in [0.25, 0.3) is 0 Å². The standard InChI is InChI=1S/C28H35NO5/c1-20(22-10-12-23(13-11-22)26(30)31)29-27(32)28(14-16-33-17-15-28)24-8-5-9-25(18-24)34-19-21-6-3-2-4-7-21/h5,8-13,18,20-21H,2-4,6-7,14-17,19H2,1H3,(H,29,32)(H,30,31). The molecule has 1 aliphatic heterocycles. The largest absolute Gasteiger partial charge is 0.493 e. The predicted octanol–water partition coefficient (Wildman–Crippen LogP) is 5.27. The minimum Gasteiger partial charge on any atom is -0.493 e. The van der Waals surface area contributed by atoms with Crippen molar-refractivity contribution in [2.75, 3.05) is 19.8 Å². The van der Waals surface area contributed by atoms with E-state index < -0.39 is 11.4 Å². The lowest BCUT2D eigenvalue weighted by Gasteiger charge is -2.37. The van der Waals surface area contributed by atoms with Crippen molar-refractivity contribution < 1.29 is 24.2 Å². The van der Waals surface area contributed by atoms with Crippen molar-refractivity contribution in [3.63, 3.8) is 0 Å². The van der Waals surface area contributed by atoms with Gasteiger partial charge in [0, 0.05) is 13.2 Å². The molecule has 0 radical (unpaired) electrons. The summed E-state index contributed by atoms with van der Waals surface area (Å²) < 4.78 is 11.8. The lowest BCUT2D eigenvalue weighted by Crippen LogP contribution is -2.48. The van der Waals surface area contributed by atoms with Gasteiger partial charge >= 0.3 is 5.97 Å². The molecule has 2 aliphatic rings. The molecule has 1 atom stereocenters. The topological polar surface area (TPSA) is 84.9 Å². The first-order valence-electron chi connectivity index (χ1n) is 12.4. The maximum absolute atomic E-state index is 13.7. The number of aromatic carboxylic acids is 1. The van der Waals surface area contributed by atoms with Crippen molar-refractivity contribution in [1.82, 2.24) is 5.32 Å². The minimum atomic E-state index is -0.963. The van der Waals surface area contributed by atoms with E-state index in [2.05, 4.69) is 5.32 Å². The highest BCUT2D eigenvalue weighted by atomic mass is 16.5. The van der Waals surface area contributed by atoms with E-state index in [1.807, 2.05) is 31.2 Å². The summed E-state index contributed by atoms with van der Waals surface area (Å²) in [4.78, 5) is 24.8. The first-order valence-corrected chi connectivity index (χ1v) is 12.4. The molecule has 1 saturated carbocycles. The van der Waals surface area contributed by atoms with Crippen LogP contribution in [0, 0.1) is 5.92 Å². The van der Waals surface area contributed by atoms with E-state index in [-0.39, 0.29) is 17.5 Å². The number of amides is 1. The highest BCUT2D eigenvalue weighted by Gasteiger charge is 2.42. The number of rotatable bonds is 8. The number of hydrogen-bond acceptors (Lipinski definition) is 4. The van der Waals surface area contributed by atoms with Gasteiger partial charge < -0.3 is 19.9 Å². The minimum absolute atomic E-state index is 0.0324. The van der Waals surface area contributed by atoms with Crippen molar-refractivity contribution in [1.29, 1.82) is 0 Å². The van der Waals surface area contributed by atoms with Gasteiger partial charge in [-0.3, -0.25) is 4.79 Å². The Balaban J connectivity index is 1.49. The summed E-state index contributed by atoms with van der Waals surface area (Å²) in [7, 11) is 0. The molecule has 6 heteroatoms. The number of nitrogens with one attached hydrogen (secondary N) is 1. The van der Waals surface area contributed by atoms with E-state index >= 15 is 0 Å². The summed E-state index contributed by atoms with van der Waals surface area (Å²) in [6, 6.07) is 14.4. The van der Waals surface area contributed by atoms with E-state index in [9.17, 15) is 9.59 Å². The zero-order chi connectivity index (χ0) is 24.0. The van der Waals surface area contributed by atoms with Crippen LogP contribution in [0.3, 0.4) is 0 Å². The van der Waals surface area contributed by atoms with Crippen LogP contribution in [-0.4, -0.2) is 36.8 Å². The maximum Gasteiger partial charge on any atom is 0.335 e. The molecule has 4 rings (SSSR count). The Morgan fingerprint density at radius 1 is 1.09 bits per heavy atom. The van der Waals surface area contributed by atoms with Crippen LogP contribution >= 0.6 is 0 Å². The Hall–Kier alpha value is -2.86. The van der Waals surface area contributed by atoms with Crippen molar-refractivity contribution in [2.45, 2.75) is 63.3 Å². The average molecular weight is 466 g/mol. The molecule has 2 N–H and O–H groups in total. The molecule has 1 aliphatic carbocycles. The molecule has 1 amide bonds. The third-order valence-corrected chi connectivity index (χ3v) is 7.38. The smallest absolute Gasteiger partial charge is 0.335 e. The van der Waals surface area contributed by atoms with Crippen LogP contribution in [0.4, 0.5) is 0 Å². The molecule has 1 saturated heterocycles. The lowest BCUT2D eigenvalue weighted by atomic mass is 9.73. The maximum atomic E-state index is 13.7. The third-order valence-electron chi connectivity index (χ3n) is 7.38. The second-order valence-electron chi connectivity index (χ2n) is 9.66. The van der Waals surface area contributed by atoms with E-state index in [0.29, 0.717) is 32.0 Å². The number of hydrogen-bond donors (Lipinski definition) is 2. The van der Waals surface area contributed by atoms with E-state index in [4.69, 9.17) is 14.6 Å². The molecule has 0 bridgehead atoms. The van der Waals surface area contributed by atoms with E-state index in [1.165, 1.54) is 32.1 Å². The number of benzene rings is 2. The lowest BCUT2D eigenvalue weighted by molar-refractivity contribution is -0.131. The van der Waals surface area contributed by atoms with Gasteiger partial charge in [-0.2, -0.15) is 0 Å². The summed E-state index contributed by atoms with van der Waals surface area (Å²) >= 11 is 0. The van der Waals surface area contributed by atoms with E-state index in [0.717, 1.165) is 23.5 Å². The monoisotopic (exact) mass is 465 g/mol. The molecule has 1 heterocycles. The second-order valence-corrected chi connectivity index (χ2v) is 9.66. The Kier molecular flexibility index (Phi) is 7.88. The number of carbonyl (C=O) groups excluding carboxylic acids is 1. The fourth-order valence-corrected chi connectivity index (χ4v) is 5.15. The van der Waals surface area contributed by atoms with Gasteiger partial charge in [0.25, 0.3) is 0 Å². The highest BCUT2D eigenvalue weighted by molar-refractivity contribution is 5.89. The number of carbonyl (C=O) groups is 2. The fraction of sp³-hybridized carbons (Fsp3) is 0.500. The van der Waals surface area contributed by atoms with Crippen LogP contribution in [0.1, 0.15) is 79.4 Å². The number of carboxylic acids is 1. The van der Waals surface area contributed by atoms with Crippen molar-refractivity contribution in [2.24, 2.45) is 5.92 Å². The quantitative estimate of drug-likeness (QED) is 0.555. The van der Waals surface area contributed by atoms with Crippen LogP contribution in [0.2, 0.25) is 0 Å². The summed E-state index contributed by atoms with van der Waals surface area (Å²) in [5.74, 6) is 0.440. The van der Waals surface area contributed by atoms with Crippen molar-refractivity contribution >= 4 is 11.9 Å². The van der Waals surface area contributed by atoms with Gasteiger partial charge in [-0.05, 0) is 73.9 Å². The zero-order valence-electron chi connectivity index (χ0n) is 19.9. The summed E-state index contributed by atoms with van der Waals surface area (Å²) in [5.41, 5.74) is 1.37. The van der Waals surface area contributed by atoms with Gasteiger partial charge in [0.15, 0.2) is 0 Å². The van der Waals surface area contributed by atoms with Gasteiger partial charge in [0.2, 0.25) is 5.91 Å². The molecule has 2 aromatic carbocycles. The Morgan fingerprint density at radius 2 is 1.79 bits per heavy atom. The zero-order valence-corrected chi connectivity index (χ0v) is 19.9. The number of ether oxygens (including phenoxy) is 2. The Labute approximate surface area is 201 Å². The molecular weight excluding hydrogens is 430 g/mol. The van der Waals surface area contributed by atoms with Gasteiger partial charge in [0.05, 0.1) is 23.6 Å². The van der Waals surface area contributed by atoms with Crippen LogP contribution < -0.4 is 10.1 Å². The normalized spacial score (nSPS) is 19.2. The third kappa shape index (κ3) is 5.61. The fourth-order valence-electron chi connectivity index (χ4n) is 5.15. The van der Waals surface area contributed by atoms with Crippen LogP contribution in [-0.2, 0) is 14.9 Å². The summed E-state index contributed by atoms with van der Waals surface area (Å²) in [6.45, 7) is 3.71. The molecule has 6 nitrogen and oxygen atoms in total. The molecule has 0 aromatic heterocycles. The Bertz CT molecular complexity index is 975. The first kappa shape index (κ1) is 24.3. The van der Waals surface area contributed by atoms with Gasteiger partial charge in [-0.25, -0.2) is 4.79 Å². The number of carboxylic acid groups (broad SMARTS) is 1. The predicted molar refractivity (Wildman–Crippen MR) is 130 cm³/mol. The van der Waals surface area contributed by atoms with Gasteiger partial charge in [-0.15, -0.1) is 0 Å². The molecule has 1 unspecified atom stereocenters. The average Bonchev–Trinajstić information content (AvgIpc) is 2.88. The SMILES string of the molecule is CC(NC(=O)C1(c2cccc(OCC3CCCCC3)c2)CCOCC1)c1ccc(C(=O)O)cc1.